The zero-order valence-electron chi connectivity index (χ0n) is 33.7. The van der Waals surface area contributed by atoms with Gasteiger partial charge in [-0.05, 0) is 100 Å². The molecule has 10 heteroatoms. The van der Waals surface area contributed by atoms with Gasteiger partial charge in [0.15, 0.2) is 0 Å². The van der Waals surface area contributed by atoms with Gasteiger partial charge < -0.3 is 19.4 Å². The quantitative estimate of drug-likeness (QED) is 0.0513. The van der Waals surface area contributed by atoms with Crippen molar-refractivity contribution in [2.24, 2.45) is 17.8 Å². The molecule has 302 valence electrons. The molecule has 9 nitrogen and oxygen atoms in total. The fraction of sp³-hybridized carbons (Fsp3) is 0.375. The lowest BCUT2D eigenvalue weighted by Crippen LogP contribution is -2.66. The number of carboxylic acids is 1. The molecule has 2 N–H and O–H groups in total. The molecule has 1 aliphatic carbocycles. The van der Waals surface area contributed by atoms with Crippen LogP contribution in [0.2, 0.25) is 5.04 Å². The third kappa shape index (κ3) is 8.51. The maximum Gasteiger partial charge on any atom is 0.303 e. The van der Waals surface area contributed by atoms with Gasteiger partial charge >= 0.3 is 5.97 Å². The first-order valence-corrected chi connectivity index (χ1v) is 22.4. The predicted octanol–water partition coefficient (Wildman–Crippen LogP) is 7.65. The molecule has 2 saturated heterocycles. The number of unbranched alkanes of at least 4 members (excludes halogenated alkanes) is 2. The minimum absolute atomic E-state index is 0.0715. The highest BCUT2D eigenvalue weighted by Crippen LogP contribution is 2.51. The number of allylic oxidation sites excluding steroid dienone is 1. The van der Waals surface area contributed by atoms with E-state index in [1.807, 2.05) is 42.5 Å². The van der Waals surface area contributed by atoms with E-state index in [1.165, 1.54) is 15.3 Å². The van der Waals surface area contributed by atoms with Gasteiger partial charge in [-0.25, -0.2) is 0 Å². The van der Waals surface area contributed by atoms with Crippen molar-refractivity contribution in [1.82, 2.24) is 9.88 Å². The Hall–Kier alpha value is -5.16. The van der Waals surface area contributed by atoms with Crippen molar-refractivity contribution >= 4 is 48.1 Å². The maximum atomic E-state index is 14.2. The molecule has 0 bridgehead atoms. The van der Waals surface area contributed by atoms with Gasteiger partial charge in [0.2, 0.25) is 11.8 Å². The molecule has 0 saturated carbocycles. The van der Waals surface area contributed by atoms with E-state index < -0.39 is 26.1 Å². The van der Waals surface area contributed by atoms with Crippen molar-refractivity contribution in [1.29, 1.82) is 0 Å². The molecule has 3 heterocycles. The number of aromatic nitrogens is 1. The monoisotopic (exact) mass is 798 g/mol. The average Bonchev–Trinajstić information content (AvgIpc) is 3.75. The zero-order valence-corrected chi connectivity index (χ0v) is 34.7. The van der Waals surface area contributed by atoms with Crippen LogP contribution < -0.4 is 10.4 Å². The molecular weight excluding hydrogens is 745 g/mol. The number of ether oxygens (including phenoxy) is 1. The molecule has 1 aromatic heterocycles. The molecule has 0 spiro atoms. The van der Waals surface area contributed by atoms with Gasteiger partial charge in [-0.3, -0.25) is 24.3 Å². The summed E-state index contributed by atoms with van der Waals surface area (Å²) in [7, 11) is -2.95. The number of hydrogen-bond donors (Lipinski definition) is 2. The Morgan fingerprint density at radius 1 is 0.862 bits per heavy atom. The zero-order chi connectivity index (χ0) is 40.9. The molecule has 2 amide bonds. The lowest BCUT2D eigenvalue weighted by Gasteiger charge is -2.44. The number of likely N-dealkylation sites (tertiary alicyclic amines) is 1. The van der Waals surface area contributed by atoms with Crippen molar-refractivity contribution in [3.05, 3.63) is 132 Å². The fourth-order valence-electron chi connectivity index (χ4n) is 9.46. The molecule has 58 heavy (non-hydrogen) atoms. The molecule has 4 atom stereocenters. The summed E-state index contributed by atoms with van der Waals surface area (Å²) in [6, 6.07) is 34.0. The third-order valence-corrected chi connectivity index (χ3v) is 17.1. The van der Waals surface area contributed by atoms with Crippen molar-refractivity contribution in [2.45, 2.75) is 76.9 Å². The van der Waals surface area contributed by atoms with Crippen LogP contribution in [0.3, 0.4) is 0 Å². The Labute approximate surface area is 342 Å². The maximum absolute atomic E-state index is 14.2. The van der Waals surface area contributed by atoms with E-state index in [1.54, 1.807) is 18.3 Å². The Morgan fingerprint density at radius 2 is 1.53 bits per heavy atom. The van der Waals surface area contributed by atoms with E-state index in [4.69, 9.17) is 14.3 Å². The van der Waals surface area contributed by atoms with E-state index in [0.29, 0.717) is 58.3 Å². The number of carboxylic acid groups (broad SMARTS) is 1. The van der Waals surface area contributed by atoms with Crippen LogP contribution in [-0.4, -0.2) is 72.1 Å². The van der Waals surface area contributed by atoms with Crippen LogP contribution >= 0.6 is 0 Å². The normalized spacial score (nSPS) is 21.0. The van der Waals surface area contributed by atoms with E-state index in [-0.39, 0.29) is 41.0 Å². The molecule has 3 aliphatic rings. The number of phenols is 1. The van der Waals surface area contributed by atoms with Gasteiger partial charge in [0.1, 0.15) is 5.75 Å². The largest absolute Gasteiger partial charge is 0.508 e. The highest BCUT2D eigenvalue weighted by atomic mass is 28.4. The number of aliphatic carboxylic acids is 1. The molecule has 2 fully saturated rings. The van der Waals surface area contributed by atoms with Crippen LogP contribution in [0.4, 0.5) is 0 Å². The van der Waals surface area contributed by atoms with Crippen LogP contribution in [0.1, 0.15) is 77.0 Å². The first-order valence-electron chi connectivity index (χ1n) is 20.5. The first-order chi connectivity index (χ1) is 28.0. The van der Waals surface area contributed by atoms with E-state index in [9.17, 15) is 19.5 Å². The Kier molecular flexibility index (Phi) is 12.6. The second-order valence-corrected chi connectivity index (χ2v) is 21.1. The van der Waals surface area contributed by atoms with Crippen LogP contribution in [0.25, 0.3) is 11.6 Å². The standard InChI is InChI=1S/C48H54N2O7Si/c1-48(2,3)58(37-15-7-4-8-16-37,38-17-9-5-10-18-38)57-31-35-30-39-45(47(55)50(46(39)54)28-14-6-11-20-43(52)53)40-32-56-42(44(35)40)26-23-34(41-19-12-13-27-49-41)29-33-21-24-36(51)25-22-33/h4-5,7-10,12-13,15-19,21-22,24-25,27,29,39-40,42,45,51H,6,11,14,20,23,26,28,30-32H2,1-3H3,(H,52,53)/b34-29-/t39-,40+,42-,45-/m1/s1. The number of carbonyl (C=O) groups excluding carboxylic acids is 2. The van der Waals surface area contributed by atoms with Crippen molar-refractivity contribution in [2.75, 3.05) is 19.8 Å². The van der Waals surface area contributed by atoms with Crippen LogP contribution in [0.5, 0.6) is 5.75 Å². The summed E-state index contributed by atoms with van der Waals surface area (Å²) >= 11 is 0. The smallest absolute Gasteiger partial charge is 0.303 e. The molecular formula is C48H54N2O7Si. The summed E-state index contributed by atoms with van der Waals surface area (Å²) in [5.41, 5.74) is 4.97. The number of rotatable bonds is 16. The van der Waals surface area contributed by atoms with Crippen LogP contribution in [-0.2, 0) is 23.5 Å². The summed E-state index contributed by atoms with van der Waals surface area (Å²) < 4.78 is 14.2. The Bertz CT molecular complexity index is 2090. The Balaban J connectivity index is 1.24. The number of aromatic hydroxyl groups is 1. The number of pyridine rings is 1. The number of benzene rings is 3. The molecule has 2 aliphatic heterocycles. The summed E-state index contributed by atoms with van der Waals surface area (Å²) in [5.74, 6) is -2.20. The second-order valence-electron chi connectivity index (χ2n) is 16.8. The number of imide groups is 1. The minimum atomic E-state index is -2.95. The highest BCUT2D eigenvalue weighted by Gasteiger charge is 2.57. The van der Waals surface area contributed by atoms with E-state index in [2.05, 4.69) is 80.4 Å². The van der Waals surface area contributed by atoms with Gasteiger partial charge in [0, 0.05) is 25.1 Å². The Morgan fingerprint density at radius 3 is 2.16 bits per heavy atom. The fourth-order valence-corrected chi connectivity index (χ4v) is 14.0. The lowest BCUT2D eigenvalue weighted by atomic mass is 9.69. The van der Waals surface area contributed by atoms with Gasteiger partial charge in [-0.1, -0.05) is 106 Å². The molecule has 0 radical (unpaired) electrons. The molecule has 3 aromatic carbocycles. The topological polar surface area (TPSA) is 126 Å². The second kappa shape index (κ2) is 17.8. The van der Waals surface area contributed by atoms with Gasteiger partial charge in [-0.2, -0.15) is 0 Å². The molecule has 7 rings (SSSR count). The molecule has 0 unspecified atom stereocenters. The van der Waals surface area contributed by atoms with Gasteiger partial charge in [-0.15, -0.1) is 0 Å². The van der Waals surface area contributed by atoms with Crippen LogP contribution in [0, 0.1) is 17.8 Å². The number of fused-ring (bicyclic) bond motifs is 3. The van der Waals surface area contributed by atoms with Crippen molar-refractivity contribution in [3.63, 3.8) is 0 Å². The predicted molar refractivity (Wildman–Crippen MR) is 228 cm³/mol. The summed E-state index contributed by atoms with van der Waals surface area (Å²) in [5, 5.41) is 21.1. The van der Waals surface area contributed by atoms with Crippen LogP contribution in [0.15, 0.2) is 120 Å². The highest BCUT2D eigenvalue weighted by molar-refractivity contribution is 6.99. The van der Waals surface area contributed by atoms with Crippen molar-refractivity contribution < 1.29 is 33.8 Å². The van der Waals surface area contributed by atoms with E-state index >= 15 is 0 Å². The number of nitrogens with zero attached hydrogens (tertiary/aromatic N) is 2. The number of amides is 2. The van der Waals surface area contributed by atoms with Crippen molar-refractivity contribution in [3.8, 4) is 5.75 Å². The van der Waals surface area contributed by atoms with Gasteiger partial charge in [0.25, 0.3) is 8.32 Å². The lowest BCUT2D eigenvalue weighted by molar-refractivity contribution is -0.141. The first kappa shape index (κ1) is 41.0. The number of phenolic OH excluding ortho intramolecular Hbond substituents is 1. The number of carbonyl (C=O) groups is 3. The van der Waals surface area contributed by atoms with Gasteiger partial charge in [0.05, 0.1) is 36.8 Å². The average molecular weight is 799 g/mol. The van der Waals surface area contributed by atoms with E-state index in [0.717, 1.165) is 28.0 Å². The molecule has 4 aromatic rings. The summed E-state index contributed by atoms with van der Waals surface area (Å²) in [6.45, 7) is 7.72. The summed E-state index contributed by atoms with van der Waals surface area (Å²) in [4.78, 5) is 45.6. The number of hydrogen-bond acceptors (Lipinski definition) is 7. The summed E-state index contributed by atoms with van der Waals surface area (Å²) in [6.07, 6.45) is 7.08. The SMILES string of the molecule is CC(C)(C)[Si](OCC1=C2[C@@H](CC/C(=C/c3ccc(O)cc3)c3ccccn3)OC[C@@H]2[C@@H]2C(=O)N(CCCCCC(=O)O)C(=O)[C@@H]2C1)(c1ccccc1)c1ccccc1. The third-order valence-electron chi connectivity index (χ3n) is 12.2. The minimum Gasteiger partial charge on any atom is -0.508 e.